The van der Waals surface area contributed by atoms with Crippen LogP contribution >= 0.6 is 0 Å². The van der Waals surface area contributed by atoms with Gasteiger partial charge in [-0.1, -0.05) is 78.6 Å². The first-order valence-electron chi connectivity index (χ1n) is 19.2. The fourth-order valence-corrected chi connectivity index (χ4v) is 5.31. The van der Waals surface area contributed by atoms with Crippen LogP contribution < -0.4 is 30.2 Å². The van der Waals surface area contributed by atoms with Crippen LogP contribution in [0.25, 0.3) is 0 Å². The number of unbranched alkanes of at least 4 members (excludes halogenated alkanes) is 12. The van der Waals surface area contributed by atoms with E-state index in [0.29, 0.717) is 58.2 Å². The molecule has 0 bridgehead atoms. The Labute approximate surface area is 308 Å². The van der Waals surface area contributed by atoms with Gasteiger partial charge in [-0.15, -0.1) is 37.0 Å². The maximum atomic E-state index is 14.3. The van der Waals surface area contributed by atoms with E-state index in [-0.39, 0.29) is 53.8 Å². The average molecular weight is 706 g/mol. The summed E-state index contributed by atoms with van der Waals surface area (Å²) in [4.78, 5) is 42.8. The summed E-state index contributed by atoms with van der Waals surface area (Å²) >= 11 is 0. The number of nitrogens with one attached hydrogen (secondary N) is 3. The van der Waals surface area contributed by atoms with E-state index in [2.05, 4.69) is 54.5 Å². The first-order valence-corrected chi connectivity index (χ1v) is 19.2. The number of hydrogen-bond donors (Lipinski definition) is 3. The molecule has 3 amide bonds. The third kappa shape index (κ3) is 17.5. The number of ether oxygens (including phenoxy) is 3. The quantitative estimate of drug-likeness (QED) is 0.0552. The minimum Gasteiger partial charge on any atom is -0.492 e. The Morgan fingerprint density at radius 2 is 0.725 bits per heavy atom. The molecule has 0 fully saturated rings. The van der Waals surface area contributed by atoms with Gasteiger partial charge in [-0.25, -0.2) is 0 Å². The fourth-order valence-electron chi connectivity index (χ4n) is 5.31. The maximum absolute atomic E-state index is 14.3. The second-order valence-corrected chi connectivity index (χ2v) is 12.5. The number of rotatable bonds is 30. The van der Waals surface area contributed by atoms with Crippen LogP contribution in [0.2, 0.25) is 0 Å². The summed E-state index contributed by atoms with van der Waals surface area (Å²) in [6, 6.07) is 0. The van der Waals surface area contributed by atoms with Crippen LogP contribution in [-0.4, -0.2) is 57.2 Å². The molecule has 3 N–H and O–H groups in total. The molecular formula is C42H63N3O6. The molecule has 0 aliphatic rings. The van der Waals surface area contributed by atoms with Crippen LogP contribution in [0.15, 0.2) is 0 Å². The number of hydrogen-bond acceptors (Lipinski definition) is 6. The minimum atomic E-state index is -0.515. The van der Waals surface area contributed by atoms with E-state index in [0.717, 1.165) is 77.0 Å². The molecule has 0 saturated carbocycles. The van der Waals surface area contributed by atoms with Crippen molar-refractivity contribution in [3.63, 3.8) is 0 Å². The molecule has 0 spiro atoms. The molecule has 9 nitrogen and oxygen atoms in total. The topological polar surface area (TPSA) is 115 Å². The van der Waals surface area contributed by atoms with Crippen molar-refractivity contribution in [2.75, 3.05) is 39.5 Å². The molecule has 0 saturated heterocycles. The molecule has 0 atom stereocenters. The van der Waals surface area contributed by atoms with E-state index >= 15 is 0 Å². The van der Waals surface area contributed by atoms with Crippen molar-refractivity contribution in [1.29, 1.82) is 0 Å². The molecular weight excluding hydrogens is 642 g/mol. The minimum absolute atomic E-state index is 0.0115. The van der Waals surface area contributed by atoms with Crippen LogP contribution in [0.1, 0.15) is 167 Å². The van der Waals surface area contributed by atoms with Crippen molar-refractivity contribution in [1.82, 2.24) is 16.0 Å². The highest BCUT2D eigenvalue weighted by atomic mass is 16.5. The van der Waals surface area contributed by atoms with Gasteiger partial charge in [-0.3, -0.25) is 14.4 Å². The molecule has 0 aliphatic carbocycles. The number of carbonyl (C=O) groups is 3. The summed E-state index contributed by atoms with van der Waals surface area (Å²) in [5.41, 5.74) is -0.0968. The summed E-state index contributed by atoms with van der Waals surface area (Å²) in [7, 11) is 0. The van der Waals surface area contributed by atoms with Crippen LogP contribution in [0.3, 0.4) is 0 Å². The van der Waals surface area contributed by atoms with E-state index in [1.54, 1.807) is 0 Å². The van der Waals surface area contributed by atoms with Gasteiger partial charge in [0.2, 0.25) is 0 Å². The molecule has 51 heavy (non-hydrogen) atoms. The third-order valence-electron chi connectivity index (χ3n) is 8.13. The molecule has 0 heterocycles. The highest BCUT2D eigenvalue weighted by Crippen LogP contribution is 2.45. The normalized spacial score (nSPS) is 10.4. The highest BCUT2D eigenvalue weighted by molar-refractivity contribution is 6.14. The molecule has 9 heteroatoms. The number of carbonyl (C=O) groups excluding carboxylic acids is 3. The summed E-state index contributed by atoms with van der Waals surface area (Å²) in [5.74, 6) is 6.23. The van der Waals surface area contributed by atoms with Crippen molar-refractivity contribution in [2.45, 2.75) is 136 Å². The molecule has 0 aromatic heterocycles. The van der Waals surface area contributed by atoms with Gasteiger partial charge in [0.15, 0.2) is 17.2 Å². The van der Waals surface area contributed by atoms with Gasteiger partial charge in [0, 0.05) is 38.9 Å². The molecule has 0 radical (unpaired) electrons. The van der Waals surface area contributed by atoms with Gasteiger partial charge in [0.05, 0.1) is 19.8 Å². The summed E-state index contributed by atoms with van der Waals surface area (Å²) in [5, 5.41) is 8.99. The summed E-state index contributed by atoms with van der Waals surface area (Å²) in [6.07, 6.45) is 30.7. The predicted octanol–water partition coefficient (Wildman–Crippen LogP) is 7.99. The number of terminal acetylenes is 3. The Hall–Kier alpha value is -4.29. The van der Waals surface area contributed by atoms with Crippen LogP contribution in [0, 0.1) is 37.0 Å². The van der Waals surface area contributed by atoms with Gasteiger partial charge in [-0.2, -0.15) is 0 Å². The molecule has 0 unspecified atom stereocenters. The van der Waals surface area contributed by atoms with Crippen LogP contribution in [0.4, 0.5) is 0 Å². The van der Waals surface area contributed by atoms with Gasteiger partial charge in [0.1, 0.15) is 16.7 Å². The zero-order valence-corrected chi connectivity index (χ0v) is 31.7. The maximum Gasteiger partial charge on any atom is 0.258 e. The lowest BCUT2D eigenvalue weighted by atomic mass is 9.97. The van der Waals surface area contributed by atoms with Gasteiger partial charge >= 0.3 is 0 Å². The zero-order chi connectivity index (χ0) is 37.5. The Bertz CT molecular complexity index is 1130. The van der Waals surface area contributed by atoms with Crippen molar-refractivity contribution in [2.24, 2.45) is 0 Å². The predicted molar refractivity (Wildman–Crippen MR) is 207 cm³/mol. The number of amides is 3. The summed E-state index contributed by atoms with van der Waals surface area (Å²) in [6.45, 7) is 7.91. The largest absolute Gasteiger partial charge is 0.492 e. The highest BCUT2D eigenvalue weighted by Gasteiger charge is 2.37. The first kappa shape index (κ1) is 44.7. The van der Waals surface area contributed by atoms with E-state index in [4.69, 9.17) is 33.5 Å². The molecule has 1 aromatic carbocycles. The smallest absolute Gasteiger partial charge is 0.258 e. The van der Waals surface area contributed by atoms with Crippen molar-refractivity contribution < 1.29 is 28.6 Å². The zero-order valence-electron chi connectivity index (χ0n) is 31.7. The SMILES string of the molecule is C#CCCCOc1c(C(=O)NCCCCCC)c(OCCCC#C)c(C(=O)NCCCCCC)c(OCCCC#C)c1C(=O)NCCCCCC. The second-order valence-electron chi connectivity index (χ2n) is 12.5. The van der Waals surface area contributed by atoms with Crippen molar-refractivity contribution >= 4 is 17.7 Å². The lowest BCUT2D eigenvalue weighted by Gasteiger charge is -2.25. The van der Waals surface area contributed by atoms with Crippen molar-refractivity contribution in [3.05, 3.63) is 16.7 Å². The van der Waals surface area contributed by atoms with Crippen LogP contribution in [-0.2, 0) is 0 Å². The molecule has 1 rings (SSSR count). The Balaban J connectivity index is 4.07. The van der Waals surface area contributed by atoms with E-state index in [1.807, 2.05) is 0 Å². The molecule has 0 aliphatic heterocycles. The average Bonchev–Trinajstić information content (AvgIpc) is 3.12. The Kier molecular flexibility index (Phi) is 25.8. The van der Waals surface area contributed by atoms with E-state index < -0.39 is 17.7 Å². The van der Waals surface area contributed by atoms with Crippen molar-refractivity contribution in [3.8, 4) is 54.3 Å². The lowest BCUT2D eigenvalue weighted by molar-refractivity contribution is 0.0934. The standard InChI is InChI=1S/C42H63N3O6/c1-7-13-19-22-28-43-40(46)34-37(49-31-25-16-10-4)35(41(47)44-29-23-20-14-8-2)39(51-33-27-18-12-6)36(38(34)50-32-26-17-11-5)42(48)45-30-24-21-15-9-3/h4-6H,7-9,13-33H2,1-3H3,(H,43,46)(H,44,47)(H,45,48). The summed E-state index contributed by atoms with van der Waals surface area (Å²) < 4.78 is 19.0. The van der Waals surface area contributed by atoms with Gasteiger partial charge < -0.3 is 30.2 Å². The number of benzene rings is 1. The Morgan fingerprint density at radius 1 is 0.451 bits per heavy atom. The Morgan fingerprint density at radius 3 is 0.961 bits per heavy atom. The van der Waals surface area contributed by atoms with Gasteiger partial charge in [0.25, 0.3) is 17.7 Å². The first-order chi connectivity index (χ1) is 24.9. The van der Waals surface area contributed by atoms with Gasteiger partial charge in [-0.05, 0) is 38.5 Å². The third-order valence-corrected chi connectivity index (χ3v) is 8.13. The molecule has 282 valence electrons. The lowest BCUT2D eigenvalue weighted by Crippen LogP contribution is -2.33. The van der Waals surface area contributed by atoms with Crippen LogP contribution in [0.5, 0.6) is 17.2 Å². The molecule has 1 aromatic rings. The fraction of sp³-hybridized carbons (Fsp3) is 0.643. The second kappa shape index (κ2) is 29.4. The van der Waals surface area contributed by atoms with E-state index in [9.17, 15) is 14.4 Å². The monoisotopic (exact) mass is 705 g/mol. The van der Waals surface area contributed by atoms with E-state index in [1.165, 1.54) is 0 Å².